The van der Waals surface area contributed by atoms with Gasteiger partial charge < -0.3 is 4.40 Å². The third-order valence-electron chi connectivity index (χ3n) is 10.1. The number of para-hydroxylation sites is 1. The number of hydrogen-bond donors (Lipinski definition) is 0. The van der Waals surface area contributed by atoms with Gasteiger partial charge in [0, 0.05) is 21.5 Å². The molecule has 9 aromatic rings. The third kappa shape index (κ3) is 3.74. The van der Waals surface area contributed by atoms with Crippen LogP contribution in [-0.4, -0.2) is 4.40 Å². The summed E-state index contributed by atoms with van der Waals surface area (Å²) in [5, 5.41) is 10.5. The summed E-state index contributed by atoms with van der Waals surface area (Å²) in [5.41, 5.74) is 11.8. The summed E-state index contributed by atoms with van der Waals surface area (Å²) in [6.45, 7) is 9.06. The highest BCUT2D eigenvalue weighted by molar-refractivity contribution is 6.32. The Morgan fingerprint density at radius 3 is 1.24 bits per heavy atom. The number of fused-ring (bicyclic) bond motifs is 8. The Morgan fingerprint density at radius 1 is 0.422 bits per heavy atom. The smallest absolute Gasteiger partial charge is 0.0620 e. The molecule has 2 heterocycles. The van der Waals surface area contributed by atoms with Crippen LogP contribution in [0.15, 0.2) is 127 Å². The van der Waals surface area contributed by atoms with Crippen molar-refractivity contribution in [3.8, 4) is 22.3 Å². The second kappa shape index (κ2) is 9.68. The first-order valence-electron chi connectivity index (χ1n) is 16.3. The lowest BCUT2D eigenvalue weighted by Crippen LogP contribution is -1.90. The molecule has 0 saturated carbocycles. The van der Waals surface area contributed by atoms with Gasteiger partial charge in [-0.05, 0) is 78.9 Å². The number of hydrogen-bond acceptors (Lipinski definition) is 0. The molecule has 0 N–H and O–H groups in total. The molecule has 45 heavy (non-hydrogen) atoms. The van der Waals surface area contributed by atoms with Crippen molar-refractivity contribution in [2.75, 3.05) is 0 Å². The highest BCUT2D eigenvalue weighted by atomic mass is 14.9. The van der Waals surface area contributed by atoms with E-state index in [1.807, 2.05) is 0 Å². The minimum atomic E-state index is 0.503. The largest absolute Gasteiger partial charge is 0.308 e. The van der Waals surface area contributed by atoms with Crippen LogP contribution in [0, 0.1) is 0 Å². The summed E-state index contributed by atoms with van der Waals surface area (Å²) in [6.07, 6.45) is 0. The Kier molecular flexibility index (Phi) is 5.65. The zero-order valence-electron chi connectivity index (χ0n) is 26.2. The van der Waals surface area contributed by atoms with Crippen LogP contribution in [0.1, 0.15) is 50.7 Å². The summed E-state index contributed by atoms with van der Waals surface area (Å²) >= 11 is 0. The molecule has 0 aliphatic carbocycles. The van der Waals surface area contributed by atoms with E-state index < -0.39 is 0 Å². The SMILES string of the molecule is CC(C)c1ccc(-c2c3ccccc3cc3c2c2cccc4c5c(-c6ccc(C(C)C)cc6)c6ccccc6cc5n3c24)cc1. The molecule has 2 aromatic heterocycles. The van der Waals surface area contributed by atoms with Gasteiger partial charge in [0.05, 0.1) is 16.6 Å². The van der Waals surface area contributed by atoms with Crippen LogP contribution in [-0.2, 0) is 0 Å². The predicted molar refractivity (Wildman–Crippen MR) is 195 cm³/mol. The van der Waals surface area contributed by atoms with Gasteiger partial charge in [0.1, 0.15) is 0 Å². The van der Waals surface area contributed by atoms with Crippen LogP contribution >= 0.6 is 0 Å². The van der Waals surface area contributed by atoms with Crippen molar-refractivity contribution < 1.29 is 0 Å². The van der Waals surface area contributed by atoms with Crippen LogP contribution < -0.4 is 0 Å². The first kappa shape index (κ1) is 26.3. The second-order valence-electron chi connectivity index (χ2n) is 13.3. The van der Waals surface area contributed by atoms with Gasteiger partial charge in [-0.3, -0.25) is 0 Å². The topological polar surface area (TPSA) is 4.41 Å². The zero-order chi connectivity index (χ0) is 30.4. The fraction of sp³-hybridized carbons (Fsp3) is 0.136. The van der Waals surface area contributed by atoms with Crippen LogP contribution in [0.3, 0.4) is 0 Å². The van der Waals surface area contributed by atoms with Crippen LogP contribution in [0.5, 0.6) is 0 Å². The van der Waals surface area contributed by atoms with Gasteiger partial charge >= 0.3 is 0 Å². The van der Waals surface area contributed by atoms with Gasteiger partial charge in [0.25, 0.3) is 0 Å². The van der Waals surface area contributed by atoms with Crippen molar-refractivity contribution >= 4 is 59.6 Å². The van der Waals surface area contributed by atoms with Gasteiger partial charge in [0.2, 0.25) is 0 Å². The Hall–Kier alpha value is -5.14. The maximum Gasteiger partial charge on any atom is 0.0620 e. The Balaban J connectivity index is 1.47. The molecule has 0 atom stereocenters. The molecular weight excluding hydrogens is 542 g/mol. The van der Waals surface area contributed by atoms with Crippen molar-refractivity contribution in [3.05, 3.63) is 139 Å². The number of rotatable bonds is 4. The molecule has 0 saturated heterocycles. The fourth-order valence-electron chi connectivity index (χ4n) is 7.79. The van der Waals surface area contributed by atoms with Crippen molar-refractivity contribution in [2.24, 2.45) is 0 Å². The number of benzene rings is 7. The average molecular weight is 578 g/mol. The van der Waals surface area contributed by atoms with E-state index in [0.717, 1.165) is 0 Å². The standard InChI is InChI=1S/C44H35N/c1-26(2)28-16-20-30(21-17-28)40-34-12-7-5-10-32(34)24-38-42(40)36-14-9-15-37-43-39(45(38)44(36)37)25-33-11-6-8-13-35(33)41(43)31-22-18-29(19-23-31)27(3)4/h5-27H,1-4H3. The van der Waals surface area contributed by atoms with E-state index in [9.17, 15) is 0 Å². The molecular formula is C44H35N. The number of aromatic nitrogens is 1. The summed E-state index contributed by atoms with van der Waals surface area (Å²) < 4.78 is 2.56. The molecule has 0 fully saturated rings. The molecule has 0 aliphatic heterocycles. The monoisotopic (exact) mass is 577 g/mol. The molecule has 0 amide bonds. The summed E-state index contributed by atoms with van der Waals surface area (Å²) in [4.78, 5) is 0. The first-order valence-corrected chi connectivity index (χ1v) is 16.3. The zero-order valence-corrected chi connectivity index (χ0v) is 26.2. The maximum atomic E-state index is 2.56. The minimum absolute atomic E-state index is 0.503. The van der Waals surface area contributed by atoms with E-state index in [4.69, 9.17) is 0 Å². The molecule has 7 aromatic carbocycles. The molecule has 216 valence electrons. The van der Waals surface area contributed by atoms with E-state index >= 15 is 0 Å². The van der Waals surface area contributed by atoms with Crippen molar-refractivity contribution in [1.82, 2.24) is 4.40 Å². The first-order chi connectivity index (χ1) is 22.0. The third-order valence-corrected chi connectivity index (χ3v) is 10.1. The van der Waals surface area contributed by atoms with E-state index in [1.165, 1.54) is 93.0 Å². The summed E-state index contributed by atoms with van der Waals surface area (Å²) in [5.74, 6) is 1.01. The minimum Gasteiger partial charge on any atom is -0.308 e. The molecule has 0 aliphatic rings. The lowest BCUT2D eigenvalue weighted by molar-refractivity contribution is 0.867. The summed E-state index contributed by atoms with van der Waals surface area (Å²) in [6, 6.07) is 48.1. The second-order valence-corrected chi connectivity index (χ2v) is 13.3. The van der Waals surface area contributed by atoms with Gasteiger partial charge in [-0.2, -0.15) is 0 Å². The molecule has 1 heteroatoms. The maximum absolute atomic E-state index is 2.56. The predicted octanol–water partition coefficient (Wildman–Crippen LogP) is 12.7. The quantitative estimate of drug-likeness (QED) is 0.196. The molecule has 0 bridgehead atoms. The molecule has 9 rings (SSSR count). The summed E-state index contributed by atoms with van der Waals surface area (Å²) in [7, 11) is 0. The average Bonchev–Trinajstić information content (AvgIpc) is 3.58. The Morgan fingerprint density at radius 2 is 0.822 bits per heavy atom. The van der Waals surface area contributed by atoms with E-state index in [2.05, 4.69) is 159 Å². The van der Waals surface area contributed by atoms with Gasteiger partial charge in [-0.1, -0.05) is 143 Å². The van der Waals surface area contributed by atoms with Gasteiger partial charge in [-0.15, -0.1) is 0 Å². The van der Waals surface area contributed by atoms with Crippen molar-refractivity contribution in [3.63, 3.8) is 0 Å². The van der Waals surface area contributed by atoms with E-state index in [0.29, 0.717) is 11.8 Å². The number of nitrogens with zero attached hydrogens (tertiary/aromatic N) is 1. The normalized spacial score (nSPS) is 12.4. The Labute approximate surface area is 263 Å². The molecule has 0 unspecified atom stereocenters. The molecule has 1 nitrogen and oxygen atoms in total. The molecule has 0 radical (unpaired) electrons. The van der Waals surface area contributed by atoms with Crippen LogP contribution in [0.2, 0.25) is 0 Å². The Bertz CT molecular complexity index is 2380. The van der Waals surface area contributed by atoms with E-state index in [-0.39, 0.29) is 0 Å². The van der Waals surface area contributed by atoms with Crippen LogP contribution in [0.4, 0.5) is 0 Å². The lowest BCUT2D eigenvalue weighted by Gasteiger charge is -2.14. The van der Waals surface area contributed by atoms with Gasteiger partial charge in [-0.25, -0.2) is 0 Å². The van der Waals surface area contributed by atoms with Crippen molar-refractivity contribution in [1.29, 1.82) is 0 Å². The highest BCUT2D eigenvalue weighted by Gasteiger charge is 2.24. The lowest BCUT2D eigenvalue weighted by atomic mass is 9.90. The van der Waals surface area contributed by atoms with Gasteiger partial charge in [0.15, 0.2) is 0 Å². The molecule has 0 spiro atoms. The van der Waals surface area contributed by atoms with Crippen LogP contribution in [0.25, 0.3) is 81.9 Å². The van der Waals surface area contributed by atoms with Crippen molar-refractivity contribution in [2.45, 2.75) is 39.5 Å². The van der Waals surface area contributed by atoms with E-state index in [1.54, 1.807) is 0 Å². The fourth-order valence-corrected chi connectivity index (χ4v) is 7.79. The highest BCUT2D eigenvalue weighted by Crippen LogP contribution is 2.49.